The number of hydrogen-bond acceptors (Lipinski definition) is 4. The molecule has 1 heterocycles. The SMILES string of the molecule is Cc1nc(C(=O)N[C@@H](C)CN)nn1-c1c(Cl)cccc1Cl. The van der Waals surface area contributed by atoms with Gasteiger partial charge in [-0.05, 0) is 26.0 Å². The number of aromatic nitrogens is 3. The summed E-state index contributed by atoms with van der Waals surface area (Å²) < 4.78 is 1.45. The monoisotopic (exact) mass is 327 g/mol. The van der Waals surface area contributed by atoms with Crippen molar-refractivity contribution < 1.29 is 4.79 Å². The molecular formula is C13H15Cl2N5O. The molecule has 0 unspecified atom stereocenters. The van der Waals surface area contributed by atoms with E-state index in [9.17, 15) is 4.79 Å². The fourth-order valence-corrected chi connectivity index (χ4v) is 2.29. The second-order valence-electron chi connectivity index (χ2n) is 4.57. The highest BCUT2D eigenvalue weighted by atomic mass is 35.5. The number of hydrogen-bond donors (Lipinski definition) is 2. The first-order valence-electron chi connectivity index (χ1n) is 6.33. The number of nitrogens with two attached hydrogens (primary N) is 1. The summed E-state index contributed by atoms with van der Waals surface area (Å²) >= 11 is 12.3. The molecule has 0 bridgehead atoms. The van der Waals surface area contributed by atoms with E-state index >= 15 is 0 Å². The topological polar surface area (TPSA) is 85.8 Å². The Hall–Kier alpha value is -1.63. The van der Waals surface area contributed by atoms with Crippen LogP contribution >= 0.6 is 23.2 Å². The van der Waals surface area contributed by atoms with Gasteiger partial charge in [-0.25, -0.2) is 9.67 Å². The quantitative estimate of drug-likeness (QED) is 0.898. The van der Waals surface area contributed by atoms with Crippen molar-refractivity contribution in [1.29, 1.82) is 0 Å². The molecule has 1 aromatic heterocycles. The van der Waals surface area contributed by atoms with Gasteiger partial charge in [0.05, 0.1) is 10.0 Å². The van der Waals surface area contributed by atoms with Gasteiger partial charge in [-0.2, -0.15) is 0 Å². The van der Waals surface area contributed by atoms with E-state index < -0.39 is 5.91 Å². The van der Waals surface area contributed by atoms with E-state index in [1.54, 1.807) is 32.0 Å². The molecule has 0 spiro atoms. The maximum Gasteiger partial charge on any atom is 0.291 e. The minimum atomic E-state index is -0.391. The van der Waals surface area contributed by atoms with Gasteiger partial charge >= 0.3 is 0 Å². The Balaban J connectivity index is 2.38. The van der Waals surface area contributed by atoms with Gasteiger partial charge < -0.3 is 11.1 Å². The van der Waals surface area contributed by atoms with E-state index in [1.807, 2.05) is 0 Å². The average Bonchev–Trinajstić information content (AvgIpc) is 2.81. The van der Waals surface area contributed by atoms with Crippen molar-refractivity contribution in [1.82, 2.24) is 20.1 Å². The number of halogens is 2. The first-order chi connectivity index (χ1) is 9.93. The Morgan fingerprint density at radius 3 is 2.62 bits per heavy atom. The van der Waals surface area contributed by atoms with Gasteiger partial charge in [0.2, 0.25) is 5.82 Å². The molecule has 1 amide bonds. The smallest absolute Gasteiger partial charge is 0.291 e. The lowest BCUT2D eigenvalue weighted by atomic mass is 10.3. The number of benzene rings is 1. The average molecular weight is 328 g/mol. The predicted molar refractivity (Wildman–Crippen MR) is 82.1 cm³/mol. The summed E-state index contributed by atoms with van der Waals surface area (Å²) in [6, 6.07) is 4.96. The molecule has 2 rings (SSSR count). The first kappa shape index (κ1) is 15.8. The standard InChI is InChI=1S/C13H15Cl2N5O/c1-7(6-16)17-13(21)12-18-8(2)20(19-12)11-9(14)4-3-5-10(11)15/h3-5,7H,6,16H2,1-2H3,(H,17,21)/t7-/m0/s1. The van der Waals surface area contributed by atoms with Crippen LogP contribution in [-0.4, -0.2) is 33.3 Å². The van der Waals surface area contributed by atoms with Crippen molar-refractivity contribution in [3.63, 3.8) is 0 Å². The molecule has 112 valence electrons. The minimum absolute atomic E-state index is 0.0452. The summed E-state index contributed by atoms with van der Waals surface area (Å²) in [4.78, 5) is 16.1. The van der Waals surface area contributed by atoms with Crippen molar-refractivity contribution >= 4 is 29.1 Å². The lowest BCUT2D eigenvalue weighted by molar-refractivity contribution is 0.0931. The fourth-order valence-electron chi connectivity index (χ4n) is 1.74. The highest BCUT2D eigenvalue weighted by Crippen LogP contribution is 2.28. The molecule has 0 saturated carbocycles. The zero-order valence-corrected chi connectivity index (χ0v) is 13.1. The molecule has 0 saturated heterocycles. The summed E-state index contributed by atoms with van der Waals surface area (Å²) in [6.07, 6.45) is 0. The Morgan fingerprint density at radius 1 is 1.43 bits per heavy atom. The zero-order valence-electron chi connectivity index (χ0n) is 11.6. The predicted octanol–water partition coefficient (Wildman–Crippen LogP) is 1.96. The second-order valence-corrected chi connectivity index (χ2v) is 5.39. The van der Waals surface area contributed by atoms with Crippen molar-refractivity contribution in [2.45, 2.75) is 19.9 Å². The lowest BCUT2D eigenvalue weighted by Gasteiger charge is -2.09. The number of amides is 1. The number of nitrogens with one attached hydrogen (secondary N) is 1. The van der Waals surface area contributed by atoms with Crippen LogP contribution in [0.3, 0.4) is 0 Å². The number of nitrogens with zero attached hydrogens (tertiary/aromatic N) is 3. The third-order valence-corrected chi connectivity index (χ3v) is 3.46. The van der Waals surface area contributed by atoms with E-state index in [4.69, 9.17) is 28.9 Å². The zero-order chi connectivity index (χ0) is 15.6. The Kier molecular flexibility index (Phi) is 4.82. The van der Waals surface area contributed by atoms with Gasteiger partial charge in [0, 0.05) is 12.6 Å². The molecule has 0 aliphatic rings. The van der Waals surface area contributed by atoms with Crippen molar-refractivity contribution in [3.8, 4) is 5.69 Å². The normalized spacial score (nSPS) is 12.2. The molecular weight excluding hydrogens is 313 g/mol. The van der Waals surface area contributed by atoms with E-state index in [2.05, 4.69) is 15.4 Å². The molecule has 0 aliphatic heterocycles. The van der Waals surface area contributed by atoms with Crippen LogP contribution < -0.4 is 11.1 Å². The van der Waals surface area contributed by atoms with E-state index in [0.29, 0.717) is 28.1 Å². The van der Waals surface area contributed by atoms with Gasteiger partial charge in [-0.3, -0.25) is 4.79 Å². The Labute approximate surface area is 132 Å². The van der Waals surface area contributed by atoms with Crippen LogP contribution in [0.5, 0.6) is 0 Å². The fraction of sp³-hybridized carbons (Fsp3) is 0.308. The third kappa shape index (κ3) is 3.34. The summed E-state index contributed by atoms with van der Waals surface area (Å²) in [5, 5.41) is 7.73. The van der Waals surface area contributed by atoms with E-state index in [1.165, 1.54) is 4.68 Å². The first-order valence-corrected chi connectivity index (χ1v) is 7.08. The lowest BCUT2D eigenvalue weighted by Crippen LogP contribution is -2.38. The molecule has 0 fully saturated rings. The van der Waals surface area contributed by atoms with Crippen LogP contribution in [0.4, 0.5) is 0 Å². The van der Waals surface area contributed by atoms with Crippen LogP contribution in [0, 0.1) is 6.92 Å². The molecule has 21 heavy (non-hydrogen) atoms. The molecule has 1 aromatic carbocycles. The number of rotatable bonds is 4. The molecule has 6 nitrogen and oxygen atoms in total. The van der Waals surface area contributed by atoms with Crippen LogP contribution in [0.25, 0.3) is 5.69 Å². The third-order valence-electron chi connectivity index (χ3n) is 2.85. The summed E-state index contributed by atoms with van der Waals surface area (Å²) in [5.41, 5.74) is 5.97. The molecule has 8 heteroatoms. The summed E-state index contributed by atoms with van der Waals surface area (Å²) in [6.45, 7) is 3.85. The number of para-hydroxylation sites is 1. The number of carbonyl (C=O) groups is 1. The highest BCUT2D eigenvalue weighted by Gasteiger charge is 2.19. The van der Waals surface area contributed by atoms with E-state index in [-0.39, 0.29) is 11.9 Å². The number of carbonyl (C=O) groups excluding carboxylic acids is 1. The highest BCUT2D eigenvalue weighted by molar-refractivity contribution is 6.37. The van der Waals surface area contributed by atoms with Gasteiger partial charge in [-0.15, -0.1) is 5.10 Å². The van der Waals surface area contributed by atoms with Crippen molar-refractivity contribution in [3.05, 3.63) is 39.9 Å². The van der Waals surface area contributed by atoms with Gasteiger partial charge in [0.15, 0.2) is 0 Å². The molecule has 2 aromatic rings. The second kappa shape index (κ2) is 6.43. The molecule has 0 radical (unpaired) electrons. The Bertz CT molecular complexity index is 650. The van der Waals surface area contributed by atoms with Crippen LogP contribution in [0.15, 0.2) is 18.2 Å². The van der Waals surface area contributed by atoms with Gasteiger partial charge in [-0.1, -0.05) is 29.3 Å². The van der Waals surface area contributed by atoms with Crippen LogP contribution in [0.1, 0.15) is 23.4 Å². The van der Waals surface area contributed by atoms with E-state index in [0.717, 1.165) is 0 Å². The maximum absolute atomic E-state index is 12.0. The van der Waals surface area contributed by atoms with Gasteiger partial charge in [0.25, 0.3) is 5.91 Å². The summed E-state index contributed by atoms with van der Waals surface area (Å²) in [7, 11) is 0. The maximum atomic E-state index is 12.0. The number of aryl methyl sites for hydroxylation is 1. The molecule has 0 aliphatic carbocycles. The largest absolute Gasteiger partial charge is 0.346 e. The molecule has 1 atom stereocenters. The van der Waals surface area contributed by atoms with Crippen LogP contribution in [0.2, 0.25) is 10.0 Å². The van der Waals surface area contributed by atoms with Crippen LogP contribution in [-0.2, 0) is 0 Å². The van der Waals surface area contributed by atoms with Crippen molar-refractivity contribution in [2.24, 2.45) is 5.73 Å². The minimum Gasteiger partial charge on any atom is -0.346 e. The molecule has 3 N–H and O–H groups in total. The Morgan fingerprint density at radius 2 is 2.05 bits per heavy atom. The summed E-state index contributed by atoms with van der Waals surface area (Å²) in [5.74, 6) is 0.164. The van der Waals surface area contributed by atoms with Gasteiger partial charge in [0.1, 0.15) is 11.5 Å². The van der Waals surface area contributed by atoms with Crippen molar-refractivity contribution in [2.75, 3.05) is 6.54 Å².